The van der Waals surface area contributed by atoms with Crippen molar-refractivity contribution in [2.75, 3.05) is 11.9 Å². The number of rotatable bonds is 7. The van der Waals surface area contributed by atoms with Gasteiger partial charge in [0.25, 0.3) is 5.56 Å². The molecule has 1 atom stereocenters. The van der Waals surface area contributed by atoms with Gasteiger partial charge in [0.15, 0.2) is 0 Å². The number of fused-ring (bicyclic) bond motifs is 1. The summed E-state index contributed by atoms with van der Waals surface area (Å²) in [6.45, 7) is 7.75. The summed E-state index contributed by atoms with van der Waals surface area (Å²) in [5.41, 5.74) is 0.489. The Hall–Kier alpha value is -4.14. The van der Waals surface area contributed by atoms with E-state index in [1.54, 1.807) is 31.2 Å². The van der Waals surface area contributed by atoms with E-state index in [1.807, 2.05) is 45.0 Å². The van der Waals surface area contributed by atoms with E-state index in [4.69, 9.17) is 4.98 Å². The molecule has 3 aromatic carbocycles. The zero-order chi connectivity index (χ0) is 28.3. The molecule has 1 N–H and O–H groups in total. The van der Waals surface area contributed by atoms with Gasteiger partial charge in [-0.15, -0.1) is 0 Å². The SMILES string of the molecule is CCc1ccccc1-n1c(C(C)N(CC(C)C)C(=O)Nc2ccccc2C(F)(F)F)nc2ccccc2c1=O. The molecule has 0 spiro atoms. The number of anilines is 1. The van der Waals surface area contributed by atoms with Crippen LogP contribution in [0.1, 0.15) is 50.7 Å². The Kier molecular flexibility index (Phi) is 8.09. The van der Waals surface area contributed by atoms with Crippen molar-refractivity contribution in [3.05, 3.63) is 100 Å². The van der Waals surface area contributed by atoms with E-state index < -0.39 is 23.8 Å². The molecule has 0 aliphatic rings. The number of carbonyl (C=O) groups excluding carboxylic acids is 1. The largest absolute Gasteiger partial charge is 0.418 e. The average molecular weight is 537 g/mol. The minimum Gasteiger partial charge on any atom is -0.314 e. The van der Waals surface area contributed by atoms with Gasteiger partial charge >= 0.3 is 12.2 Å². The van der Waals surface area contributed by atoms with Gasteiger partial charge in [-0.3, -0.25) is 9.36 Å². The summed E-state index contributed by atoms with van der Waals surface area (Å²) in [7, 11) is 0. The van der Waals surface area contributed by atoms with E-state index in [0.29, 0.717) is 28.8 Å². The first-order chi connectivity index (χ1) is 18.5. The number of urea groups is 1. The van der Waals surface area contributed by atoms with Crippen molar-refractivity contribution in [1.29, 1.82) is 0 Å². The lowest BCUT2D eigenvalue weighted by Crippen LogP contribution is -2.42. The summed E-state index contributed by atoms with van der Waals surface area (Å²) in [5.74, 6) is 0.305. The zero-order valence-electron chi connectivity index (χ0n) is 22.3. The number of alkyl halides is 3. The zero-order valence-corrected chi connectivity index (χ0v) is 22.3. The van der Waals surface area contributed by atoms with E-state index in [-0.39, 0.29) is 23.7 Å². The molecule has 0 aliphatic heterocycles. The molecular formula is C30H31F3N4O2. The van der Waals surface area contributed by atoms with Crippen LogP contribution < -0.4 is 10.9 Å². The average Bonchev–Trinajstić information content (AvgIpc) is 2.91. The van der Waals surface area contributed by atoms with Gasteiger partial charge in [0.1, 0.15) is 5.82 Å². The highest BCUT2D eigenvalue weighted by molar-refractivity contribution is 5.90. The predicted octanol–water partition coefficient (Wildman–Crippen LogP) is 7.22. The van der Waals surface area contributed by atoms with Gasteiger partial charge < -0.3 is 10.2 Å². The second kappa shape index (κ2) is 11.3. The number of nitrogens with one attached hydrogen (secondary N) is 1. The first-order valence-electron chi connectivity index (χ1n) is 12.9. The minimum absolute atomic E-state index is 0.0142. The van der Waals surface area contributed by atoms with Gasteiger partial charge in [0.2, 0.25) is 0 Å². The summed E-state index contributed by atoms with van der Waals surface area (Å²) in [6, 6.07) is 17.8. The summed E-state index contributed by atoms with van der Waals surface area (Å²) in [4.78, 5) is 33.7. The normalized spacial score (nSPS) is 12.5. The smallest absolute Gasteiger partial charge is 0.314 e. The van der Waals surface area contributed by atoms with Crippen molar-refractivity contribution >= 4 is 22.6 Å². The molecule has 1 aromatic heterocycles. The molecule has 39 heavy (non-hydrogen) atoms. The van der Waals surface area contributed by atoms with Gasteiger partial charge in [0.05, 0.1) is 33.9 Å². The maximum absolute atomic E-state index is 13.9. The van der Waals surface area contributed by atoms with Crippen LogP contribution in [-0.2, 0) is 12.6 Å². The monoisotopic (exact) mass is 536 g/mol. The lowest BCUT2D eigenvalue weighted by atomic mass is 10.1. The summed E-state index contributed by atoms with van der Waals surface area (Å²) in [6.07, 6.45) is -3.98. The van der Waals surface area contributed by atoms with Gasteiger partial charge in [0, 0.05) is 6.54 Å². The molecule has 4 rings (SSSR count). The van der Waals surface area contributed by atoms with Crippen molar-refractivity contribution in [3.8, 4) is 5.69 Å². The Balaban J connectivity index is 1.87. The van der Waals surface area contributed by atoms with Crippen molar-refractivity contribution in [1.82, 2.24) is 14.5 Å². The second-order valence-electron chi connectivity index (χ2n) is 9.81. The number of aryl methyl sites for hydroxylation is 1. The topological polar surface area (TPSA) is 67.2 Å². The number of para-hydroxylation sites is 3. The molecule has 0 bridgehead atoms. The van der Waals surface area contributed by atoms with Crippen LogP contribution in [0.3, 0.4) is 0 Å². The molecule has 4 aromatic rings. The van der Waals surface area contributed by atoms with Crippen molar-refractivity contribution in [2.24, 2.45) is 5.92 Å². The molecule has 1 unspecified atom stereocenters. The lowest BCUT2D eigenvalue weighted by Gasteiger charge is -2.32. The number of aromatic nitrogens is 2. The van der Waals surface area contributed by atoms with Crippen LogP contribution in [0, 0.1) is 5.92 Å². The van der Waals surface area contributed by atoms with E-state index in [2.05, 4.69) is 5.32 Å². The first kappa shape index (κ1) is 27.9. The van der Waals surface area contributed by atoms with Crippen LogP contribution in [0.25, 0.3) is 16.6 Å². The van der Waals surface area contributed by atoms with Crippen molar-refractivity contribution in [3.63, 3.8) is 0 Å². The molecular weight excluding hydrogens is 505 g/mol. The van der Waals surface area contributed by atoms with Crippen LogP contribution in [0.15, 0.2) is 77.6 Å². The Morgan fingerprint density at radius 2 is 1.62 bits per heavy atom. The molecule has 1 heterocycles. The Morgan fingerprint density at radius 3 is 2.31 bits per heavy atom. The molecule has 204 valence electrons. The highest BCUT2D eigenvalue weighted by Gasteiger charge is 2.35. The maximum atomic E-state index is 13.9. The highest BCUT2D eigenvalue weighted by atomic mass is 19.4. The van der Waals surface area contributed by atoms with Crippen molar-refractivity contribution < 1.29 is 18.0 Å². The molecule has 0 saturated heterocycles. The van der Waals surface area contributed by atoms with Gasteiger partial charge in [-0.1, -0.05) is 63.2 Å². The molecule has 9 heteroatoms. The standard InChI is InChI=1S/C30H31F3N4O2/c1-5-21-12-6-11-17-26(21)37-27(34-24-15-9-7-13-22(24)28(37)38)20(4)36(18-19(2)3)29(39)35-25-16-10-8-14-23(25)30(31,32)33/h6-17,19-20H,5,18H2,1-4H3,(H,35,39). The Morgan fingerprint density at radius 1 is 0.974 bits per heavy atom. The first-order valence-corrected chi connectivity index (χ1v) is 12.9. The van der Waals surface area contributed by atoms with E-state index in [1.165, 1.54) is 27.7 Å². The number of benzene rings is 3. The number of nitrogens with zero attached hydrogens (tertiary/aromatic N) is 3. The third kappa shape index (κ3) is 5.82. The van der Waals surface area contributed by atoms with Crippen LogP contribution in [0.5, 0.6) is 0 Å². The second-order valence-corrected chi connectivity index (χ2v) is 9.81. The van der Waals surface area contributed by atoms with Crippen LogP contribution in [0.4, 0.5) is 23.7 Å². The molecule has 2 amide bonds. The molecule has 0 fully saturated rings. The van der Waals surface area contributed by atoms with Crippen molar-refractivity contribution in [2.45, 2.75) is 46.3 Å². The third-order valence-electron chi connectivity index (χ3n) is 6.55. The number of halogens is 3. The van der Waals surface area contributed by atoms with E-state index >= 15 is 0 Å². The fourth-order valence-corrected chi connectivity index (χ4v) is 4.67. The summed E-state index contributed by atoms with van der Waals surface area (Å²) >= 11 is 0. The summed E-state index contributed by atoms with van der Waals surface area (Å²) < 4.78 is 42.4. The highest BCUT2D eigenvalue weighted by Crippen LogP contribution is 2.35. The summed E-state index contributed by atoms with van der Waals surface area (Å²) in [5, 5.41) is 2.89. The van der Waals surface area contributed by atoms with Gasteiger partial charge in [-0.2, -0.15) is 13.2 Å². The lowest BCUT2D eigenvalue weighted by molar-refractivity contribution is -0.136. The van der Waals surface area contributed by atoms with E-state index in [9.17, 15) is 22.8 Å². The number of carbonyl (C=O) groups is 1. The van der Waals surface area contributed by atoms with E-state index in [0.717, 1.165) is 11.6 Å². The molecule has 0 aliphatic carbocycles. The predicted molar refractivity (Wildman–Crippen MR) is 147 cm³/mol. The van der Waals surface area contributed by atoms with Crippen LogP contribution >= 0.6 is 0 Å². The van der Waals surface area contributed by atoms with Gasteiger partial charge in [-0.05, 0) is 55.2 Å². The van der Waals surface area contributed by atoms with Gasteiger partial charge in [-0.25, -0.2) is 9.78 Å². The quantitative estimate of drug-likeness (QED) is 0.271. The fourth-order valence-electron chi connectivity index (χ4n) is 4.67. The number of hydrogen-bond acceptors (Lipinski definition) is 3. The molecule has 0 radical (unpaired) electrons. The number of amides is 2. The Bertz CT molecular complexity index is 1550. The van der Waals surface area contributed by atoms with Crippen LogP contribution in [-0.4, -0.2) is 27.0 Å². The molecule has 6 nitrogen and oxygen atoms in total. The fraction of sp³-hybridized carbons (Fsp3) is 0.300. The third-order valence-corrected chi connectivity index (χ3v) is 6.55. The number of hydrogen-bond donors (Lipinski definition) is 1. The Labute approximate surface area is 225 Å². The minimum atomic E-state index is -4.64. The van der Waals surface area contributed by atoms with Crippen LogP contribution in [0.2, 0.25) is 0 Å². The molecule has 0 saturated carbocycles. The maximum Gasteiger partial charge on any atom is 0.418 e.